The molecule has 0 aromatic carbocycles. The van der Waals surface area contributed by atoms with Crippen molar-refractivity contribution in [3.8, 4) is 0 Å². The number of nitrogens with zero attached hydrogens (tertiary/aromatic N) is 3. The van der Waals surface area contributed by atoms with E-state index in [4.69, 9.17) is 0 Å². The van der Waals surface area contributed by atoms with E-state index in [0.29, 0.717) is 12.0 Å². The predicted octanol–water partition coefficient (Wildman–Crippen LogP) is 2.95. The third-order valence-electron chi connectivity index (χ3n) is 5.34. The maximum absolute atomic E-state index is 12.4. The van der Waals surface area contributed by atoms with E-state index in [-0.39, 0.29) is 18.2 Å². The number of hydrogen-bond acceptors (Lipinski definition) is 4. The molecule has 0 spiro atoms. The summed E-state index contributed by atoms with van der Waals surface area (Å²) in [5.74, 6) is 0.627. The van der Waals surface area contributed by atoms with Gasteiger partial charge in [0, 0.05) is 11.7 Å². The van der Waals surface area contributed by atoms with Gasteiger partial charge in [-0.15, -0.1) is 0 Å². The lowest BCUT2D eigenvalue weighted by atomic mass is 9.93. The highest BCUT2D eigenvalue weighted by molar-refractivity contribution is 5.91. The third kappa shape index (κ3) is 2.79. The van der Waals surface area contributed by atoms with Crippen LogP contribution in [-0.2, 0) is 4.79 Å². The highest BCUT2D eigenvalue weighted by atomic mass is 16.3. The predicted molar refractivity (Wildman–Crippen MR) is 91.7 cm³/mol. The molecule has 2 aromatic rings. The molecule has 2 aliphatic rings. The number of anilines is 1. The molecular formula is C18H24N4O2. The zero-order valence-corrected chi connectivity index (χ0v) is 14.2. The number of aryl methyl sites for hydroxylation is 1. The molecule has 1 atom stereocenters. The minimum atomic E-state index is -0.924. The van der Waals surface area contributed by atoms with Gasteiger partial charge in [-0.3, -0.25) is 14.7 Å². The number of nitrogens with one attached hydrogen (secondary N) is 1. The van der Waals surface area contributed by atoms with Crippen LogP contribution in [0.2, 0.25) is 0 Å². The second kappa shape index (κ2) is 5.55. The van der Waals surface area contributed by atoms with E-state index in [9.17, 15) is 9.90 Å². The van der Waals surface area contributed by atoms with E-state index in [1.807, 2.05) is 19.1 Å². The Morgan fingerprint density at radius 3 is 2.71 bits per heavy atom. The molecule has 2 saturated carbocycles. The van der Waals surface area contributed by atoms with Gasteiger partial charge in [0.2, 0.25) is 11.9 Å². The van der Waals surface area contributed by atoms with Crippen LogP contribution in [0.15, 0.2) is 12.1 Å². The summed E-state index contributed by atoms with van der Waals surface area (Å²) in [5.41, 5.74) is 1.66. The van der Waals surface area contributed by atoms with Gasteiger partial charge >= 0.3 is 0 Å². The Bertz CT molecular complexity index is 788. The molecule has 128 valence electrons. The topological polar surface area (TPSA) is 80.0 Å². The van der Waals surface area contributed by atoms with Crippen molar-refractivity contribution < 1.29 is 9.90 Å². The van der Waals surface area contributed by atoms with Crippen LogP contribution >= 0.6 is 0 Å². The van der Waals surface area contributed by atoms with E-state index < -0.39 is 5.60 Å². The summed E-state index contributed by atoms with van der Waals surface area (Å²) in [7, 11) is 0. The third-order valence-corrected chi connectivity index (χ3v) is 5.34. The number of rotatable bonds is 5. The number of carbonyl (C=O) groups excluding carboxylic acids is 1. The minimum absolute atomic E-state index is 0.109. The quantitative estimate of drug-likeness (QED) is 0.884. The Morgan fingerprint density at radius 2 is 2.08 bits per heavy atom. The molecule has 2 aromatic heterocycles. The lowest BCUT2D eigenvalue weighted by Crippen LogP contribution is -2.33. The average molecular weight is 328 g/mol. The molecule has 0 aliphatic heterocycles. The summed E-state index contributed by atoms with van der Waals surface area (Å²) in [6.07, 6.45) is 5.49. The number of hydrogen-bond donors (Lipinski definition) is 2. The van der Waals surface area contributed by atoms with E-state index >= 15 is 0 Å². The molecule has 24 heavy (non-hydrogen) atoms. The van der Waals surface area contributed by atoms with Gasteiger partial charge in [0.1, 0.15) is 5.52 Å². The maximum Gasteiger partial charge on any atom is 0.229 e. The van der Waals surface area contributed by atoms with Crippen molar-refractivity contribution in [1.29, 1.82) is 0 Å². The largest absolute Gasteiger partial charge is 0.389 e. The van der Waals surface area contributed by atoms with Gasteiger partial charge in [-0.25, -0.2) is 9.97 Å². The lowest BCUT2D eigenvalue weighted by molar-refractivity contribution is -0.121. The van der Waals surface area contributed by atoms with Crippen LogP contribution in [0.25, 0.3) is 11.2 Å². The van der Waals surface area contributed by atoms with Crippen LogP contribution in [0.4, 0.5) is 5.95 Å². The Labute approximate surface area is 141 Å². The molecule has 2 fully saturated rings. The Balaban J connectivity index is 1.62. The summed E-state index contributed by atoms with van der Waals surface area (Å²) in [5, 5.41) is 13.3. The minimum Gasteiger partial charge on any atom is -0.389 e. The molecule has 1 amide bonds. The second-order valence-corrected chi connectivity index (χ2v) is 7.54. The van der Waals surface area contributed by atoms with Crippen molar-refractivity contribution in [2.24, 2.45) is 5.92 Å². The van der Waals surface area contributed by atoms with Crippen LogP contribution in [-0.4, -0.2) is 31.1 Å². The average Bonchev–Trinajstić information content (AvgIpc) is 3.24. The van der Waals surface area contributed by atoms with Crippen LogP contribution in [0.1, 0.15) is 57.2 Å². The first-order valence-corrected chi connectivity index (χ1v) is 8.82. The van der Waals surface area contributed by atoms with Crippen molar-refractivity contribution in [3.63, 3.8) is 0 Å². The van der Waals surface area contributed by atoms with Crippen molar-refractivity contribution in [1.82, 2.24) is 14.5 Å². The number of fused-ring (bicyclic) bond motifs is 1. The van der Waals surface area contributed by atoms with Crippen molar-refractivity contribution in [2.75, 3.05) is 5.32 Å². The van der Waals surface area contributed by atoms with E-state index in [1.165, 1.54) is 6.42 Å². The Hall–Kier alpha value is -1.95. The first-order valence-electron chi connectivity index (χ1n) is 8.82. The highest BCUT2D eigenvalue weighted by Crippen LogP contribution is 2.41. The monoisotopic (exact) mass is 328 g/mol. The highest BCUT2D eigenvalue weighted by Gasteiger charge is 2.41. The maximum atomic E-state index is 12.4. The van der Waals surface area contributed by atoms with Gasteiger partial charge in [-0.05, 0) is 64.0 Å². The number of imidazole rings is 1. The van der Waals surface area contributed by atoms with Gasteiger partial charge in [0.25, 0.3) is 0 Å². The van der Waals surface area contributed by atoms with Crippen LogP contribution in [0.3, 0.4) is 0 Å². The number of amides is 1. The zero-order valence-electron chi connectivity index (χ0n) is 14.2. The van der Waals surface area contributed by atoms with Gasteiger partial charge < -0.3 is 5.11 Å². The smallest absolute Gasteiger partial charge is 0.229 e. The number of aliphatic hydroxyl groups is 1. The van der Waals surface area contributed by atoms with Crippen molar-refractivity contribution in [3.05, 3.63) is 17.8 Å². The van der Waals surface area contributed by atoms with Gasteiger partial charge in [0.05, 0.1) is 12.0 Å². The lowest BCUT2D eigenvalue weighted by Gasteiger charge is -2.29. The summed E-state index contributed by atoms with van der Waals surface area (Å²) in [4.78, 5) is 21.6. The standard InChI is InChI=1S/C18H24N4O2/c1-11-6-9-14-16(19-11)22(13-4-3-5-13)17(20-14)21-15(23)10-18(2,24)12-7-8-12/h6,9,12-13,24H,3-5,7-8,10H2,1-2H3,(H,20,21,23)/t18-/m1/s1. The molecule has 0 unspecified atom stereocenters. The molecule has 4 rings (SSSR count). The summed E-state index contributed by atoms with van der Waals surface area (Å²) in [6.45, 7) is 3.71. The molecule has 2 N–H and O–H groups in total. The van der Waals surface area contributed by atoms with Crippen molar-refractivity contribution >= 4 is 23.0 Å². The van der Waals surface area contributed by atoms with E-state index in [2.05, 4.69) is 19.9 Å². The molecule has 0 radical (unpaired) electrons. The molecular weight excluding hydrogens is 304 g/mol. The molecule has 2 heterocycles. The van der Waals surface area contributed by atoms with Crippen LogP contribution < -0.4 is 5.32 Å². The number of carbonyl (C=O) groups is 1. The fourth-order valence-corrected chi connectivity index (χ4v) is 3.49. The number of pyridine rings is 1. The first kappa shape index (κ1) is 15.6. The normalized spacial score (nSPS) is 20.6. The zero-order chi connectivity index (χ0) is 16.9. The fourth-order valence-electron chi connectivity index (χ4n) is 3.49. The summed E-state index contributed by atoms with van der Waals surface area (Å²) in [6, 6.07) is 4.23. The molecule has 2 aliphatic carbocycles. The molecule has 6 nitrogen and oxygen atoms in total. The summed E-state index contributed by atoms with van der Waals surface area (Å²) < 4.78 is 2.07. The molecule has 0 saturated heterocycles. The van der Waals surface area contributed by atoms with Gasteiger partial charge in [-0.1, -0.05) is 0 Å². The first-order chi connectivity index (χ1) is 11.4. The van der Waals surface area contributed by atoms with Crippen LogP contribution in [0, 0.1) is 12.8 Å². The van der Waals surface area contributed by atoms with E-state index in [1.54, 1.807) is 6.92 Å². The van der Waals surface area contributed by atoms with Crippen LogP contribution in [0.5, 0.6) is 0 Å². The Morgan fingerprint density at radius 1 is 1.33 bits per heavy atom. The van der Waals surface area contributed by atoms with E-state index in [0.717, 1.165) is 42.5 Å². The summed E-state index contributed by atoms with van der Waals surface area (Å²) >= 11 is 0. The fraction of sp³-hybridized carbons (Fsp3) is 0.611. The van der Waals surface area contributed by atoms with Gasteiger partial charge in [0.15, 0.2) is 5.65 Å². The molecule has 6 heteroatoms. The number of aromatic nitrogens is 3. The Kier molecular flexibility index (Phi) is 3.60. The van der Waals surface area contributed by atoms with Gasteiger partial charge in [-0.2, -0.15) is 0 Å². The molecule has 0 bridgehead atoms. The van der Waals surface area contributed by atoms with Crippen molar-refractivity contribution in [2.45, 2.75) is 64.0 Å². The SMILES string of the molecule is Cc1ccc2nc(NC(=O)C[C@@](C)(O)C3CC3)n(C3CCC3)c2n1. The second-order valence-electron chi connectivity index (χ2n) is 7.54.